The minimum atomic E-state index is -3.99. The Morgan fingerprint density at radius 1 is 0.985 bits per heavy atom. The van der Waals surface area contributed by atoms with E-state index in [0.717, 1.165) is 106 Å². The third kappa shape index (κ3) is 7.90. The number of alkyl carbamates (subject to hydrolysis) is 1. The molecule has 1 aromatic heterocycles. The van der Waals surface area contributed by atoms with Gasteiger partial charge in [0.15, 0.2) is 0 Å². The molecule has 4 aliphatic heterocycles. The Bertz CT molecular complexity index is 2460. The summed E-state index contributed by atoms with van der Waals surface area (Å²) < 4.78 is 46.3. The number of alkyl halides is 2. The van der Waals surface area contributed by atoms with E-state index >= 15 is 4.79 Å². The van der Waals surface area contributed by atoms with Crippen molar-refractivity contribution in [2.75, 3.05) is 13.1 Å². The number of benzene rings is 1. The van der Waals surface area contributed by atoms with Gasteiger partial charge in [0.05, 0.1) is 0 Å². The summed E-state index contributed by atoms with van der Waals surface area (Å²) in [6, 6.07) is 7.14. The summed E-state index contributed by atoms with van der Waals surface area (Å²) in [5.74, 6) is -0.379. The average molecular weight is 1050 g/mol. The van der Waals surface area contributed by atoms with Crippen LogP contribution in [0.25, 0.3) is 10.9 Å². The first-order chi connectivity index (χ1) is 32.3. The van der Waals surface area contributed by atoms with E-state index in [9.17, 15) is 22.8 Å². The molecule has 364 valence electrons. The third-order valence-electron chi connectivity index (χ3n) is 17.3. The number of pyridine rings is 1. The fraction of sp³-hybridized carbons (Fsp3) is 0.700. The second-order valence-electron chi connectivity index (χ2n) is 21.4. The summed E-state index contributed by atoms with van der Waals surface area (Å²) in [5, 5.41) is 6.92. The van der Waals surface area contributed by atoms with Gasteiger partial charge in [0, 0.05) is 23.9 Å². The summed E-state index contributed by atoms with van der Waals surface area (Å²) in [6.45, 7) is 8.92. The fourth-order valence-corrected chi connectivity index (χ4v) is 16.9. The van der Waals surface area contributed by atoms with Gasteiger partial charge in [0.25, 0.3) is 0 Å². The number of hydrogen-bond donors (Lipinski definition) is 3. The predicted octanol–water partition coefficient (Wildman–Crippen LogP) is 2.63. The number of rotatable bonds is 11. The van der Waals surface area contributed by atoms with Crippen LogP contribution in [0, 0.1) is 17.3 Å². The number of carbonyl (C=O) groups is 4. The molecule has 2 bridgehead atoms. The molecule has 4 amide bonds. The van der Waals surface area contributed by atoms with Gasteiger partial charge < -0.3 is 0 Å². The Labute approximate surface area is 404 Å². The number of sulfonamides is 1. The number of nitrogens with one attached hydrogen (secondary N) is 3. The first kappa shape index (κ1) is 45.7. The van der Waals surface area contributed by atoms with E-state index in [-0.39, 0.29) is 42.4 Å². The number of amides is 4. The van der Waals surface area contributed by atoms with Crippen molar-refractivity contribution < 1.29 is 63.0 Å². The maximum absolute atomic E-state index is 15.2. The summed E-state index contributed by atoms with van der Waals surface area (Å²) in [5.41, 5.74) is 1.84. The summed E-state index contributed by atoms with van der Waals surface area (Å²) in [7, 11) is -3.99. The first-order valence-corrected chi connectivity index (χ1v) is 29.0. The number of carbonyl (C=O) groups excluding carboxylic acids is 4. The molecule has 3 saturated heterocycles. The monoisotopic (exact) mass is 1050 g/mol. The van der Waals surface area contributed by atoms with Crippen molar-refractivity contribution in [1.29, 1.82) is 0 Å². The Morgan fingerprint density at radius 2 is 1.75 bits per heavy atom. The second kappa shape index (κ2) is 17.3. The second-order valence-corrected chi connectivity index (χ2v) is 27.2. The van der Waals surface area contributed by atoms with Gasteiger partial charge in [0.1, 0.15) is 0 Å². The molecule has 9 aliphatic rings. The van der Waals surface area contributed by atoms with Crippen molar-refractivity contribution in [3.8, 4) is 11.6 Å². The number of hydrogen-bond acceptors (Lipinski definition) is 11. The van der Waals surface area contributed by atoms with E-state index in [2.05, 4.69) is 39.8 Å². The van der Waals surface area contributed by atoms with E-state index in [1.54, 1.807) is 13.0 Å². The van der Waals surface area contributed by atoms with Crippen LogP contribution < -0.4 is 46.0 Å². The normalized spacial score (nSPS) is 36.9. The molecule has 8 fully saturated rings. The summed E-state index contributed by atoms with van der Waals surface area (Å²) in [6.07, 6.45) is 15.2. The third-order valence-corrected chi connectivity index (χ3v) is 23.3. The molecular formula is C50H66IN6O9S-. The first-order valence-electron chi connectivity index (χ1n) is 25.2. The Balaban J connectivity index is 0.935. The topological polar surface area (TPSA) is 186 Å². The van der Waals surface area contributed by atoms with Crippen molar-refractivity contribution in [2.45, 2.75) is 184 Å². The molecule has 2 aromatic rings. The minimum absolute atomic E-state index is 0.0277. The van der Waals surface area contributed by atoms with Crippen molar-refractivity contribution in [3.63, 3.8) is 0 Å². The number of likely N-dealkylation sites (tertiary alicyclic amines) is 1. The standard InChI is InChI=1S/C50H66IN6O9S/c1-4-24-56-38-20-21-49(38)39(56)27-40(49)66-42-32-17-12-13-19-34(32)52-44-33(42)18-11-7-10-16-30-25-36(30)65-47(61)53-41(29-14-8-6-9-15-29)45(59)57-28-31(64-44)26-35(57)43(58)54-50(37(5-2)51-50)46(60)55-67(62,63)48(3)22-23-48/h5,12-13,17,19,29-31,35-41H,2,4,6-11,14-16,18,20-28H2,1,3H3,(H,53,61)(H,54,58)(H,55,60)/q-1/t30?,31-,35+,36-,37+,38?,39?,40?,41+,49?,50-/m1/s1. The number of fused-ring (bicyclic) bond motifs is 5. The van der Waals surface area contributed by atoms with E-state index in [1.165, 1.54) is 17.7 Å². The molecule has 5 unspecified atom stereocenters. The van der Waals surface area contributed by atoms with Gasteiger partial charge in [-0.3, -0.25) is 4.90 Å². The van der Waals surface area contributed by atoms with Gasteiger partial charge in [-0.05, 0) is 32.2 Å². The van der Waals surface area contributed by atoms with Crippen LogP contribution in [0.1, 0.15) is 129 Å². The molecule has 5 saturated carbocycles. The Hall–Kier alpha value is -3.71. The molecule has 11 atom stereocenters. The van der Waals surface area contributed by atoms with Gasteiger partial charge in [-0.2, -0.15) is 0 Å². The maximum atomic E-state index is 15.2. The molecule has 5 aliphatic carbocycles. The number of aromatic nitrogens is 1. The van der Waals surface area contributed by atoms with Gasteiger partial charge in [-0.1, -0.05) is 19.4 Å². The van der Waals surface area contributed by atoms with Crippen LogP contribution in [0.4, 0.5) is 4.79 Å². The quantitative estimate of drug-likeness (QED) is 0.130. The molecular weight excluding hydrogens is 988 g/mol. The van der Waals surface area contributed by atoms with Gasteiger partial charge in [-0.15, -0.1) is 0 Å². The molecule has 11 rings (SSSR count). The van der Waals surface area contributed by atoms with Crippen molar-refractivity contribution >= 4 is 44.7 Å². The molecule has 5 heterocycles. The molecule has 0 radical (unpaired) electrons. The van der Waals surface area contributed by atoms with Crippen molar-refractivity contribution in [3.05, 3.63) is 42.5 Å². The molecule has 1 aromatic carbocycles. The van der Waals surface area contributed by atoms with Crippen LogP contribution in [0.15, 0.2) is 36.9 Å². The molecule has 3 N–H and O–H groups in total. The van der Waals surface area contributed by atoms with Crippen LogP contribution in [0.3, 0.4) is 0 Å². The molecule has 1 spiro atoms. The SMILES string of the molecule is C=C[C@@H]1[I-][C@]1(NC(=O)[C@@H]1C[C@@H]2CN1C(=O)[C@H](C1CCCCC1)NC(=O)O[C@@H]1CC1CCCCCc1c(nc3ccccc3c1OC1CC3N(CCC)C4CCC143)O2)C(=O)NS(=O)(=O)C1(C)CC1. The number of ether oxygens (including phenoxy) is 3. The molecule has 15 nitrogen and oxygen atoms in total. The number of nitrogens with zero attached hydrogens (tertiary/aromatic N) is 3. The van der Waals surface area contributed by atoms with Crippen molar-refractivity contribution in [1.82, 2.24) is 30.1 Å². The van der Waals surface area contributed by atoms with Gasteiger partial charge >= 0.3 is 326 Å². The fourth-order valence-electron chi connectivity index (χ4n) is 12.8. The summed E-state index contributed by atoms with van der Waals surface area (Å²) in [4.78, 5) is 67.1. The van der Waals surface area contributed by atoms with Crippen molar-refractivity contribution in [2.24, 2.45) is 17.3 Å². The van der Waals surface area contributed by atoms with E-state index in [1.807, 2.05) is 18.2 Å². The van der Waals surface area contributed by atoms with Crippen LogP contribution in [0.5, 0.6) is 11.6 Å². The van der Waals surface area contributed by atoms with Crippen LogP contribution in [0.2, 0.25) is 0 Å². The van der Waals surface area contributed by atoms with Crippen LogP contribution in [-0.4, -0.2) is 115 Å². The van der Waals surface area contributed by atoms with Crippen LogP contribution >= 0.6 is 0 Å². The Kier molecular flexibility index (Phi) is 11.8. The number of para-hydroxylation sites is 1. The van der Waals surface area contributed by atoms with E-state index < -0.39 is 85.4 Å². The number of halogens is 1. The zero-order valence-electron chi connectivity index (χ0n) is 38.8. The van der Waals surface area contributed by atoms with E-state index in [4.69, 9.17) is 19.2 Å². The zero-order chi connectivity index (χ0) is 46.5. The number of piperidine rings is 2. The predicted molar refractivity (Wildman–Crippen MR) is 245 cm³/mol. The molecule has 67 heavy (non-hydrogen) atoms. The summed E-state index contributed by atoms with van der Waals surface area (Å²) >= 11 is -1.07. The van der Waals surface area contributed by atoms with Gasteiger partial charge in [0.2, 0.25) is 0 Å². The zero-order valence-corrected chi connectivity index (χ0v) is 41.8. The molecule has 17 heteroatoms. The van der Waals surface area contributed by atoms with E-state index in [0.29, 0.717) is 37.2 Å². The Morgan fingerprint density at radius 3 is 2.45 bits per heavy atom. The van der Waals surface area contributed by atoms with Gasteiger partial charge in [-0.25, -0.2) is 0 Å². The average Bonchev–Trinajstić information content (AvgIpc) is 4.26. The van der Waals surface area contributed by atoms with Crippen LogP contribution in [-0.2, 0) is 35.6 Å².